The van der Waals surface area contributed by atoms with E-state index in [0.29, 0.717) is 28.3 Å². The number of carbonyl (C=O) groups is 1. The summed E-state index contributed by atoms with van der Waals surface area (Å²) in [7, 11) is 0. The zero-order valence-electron chi connectivity index (χ0n) is 13.3. The highest BCUT2D eigenvalue weighted by molar-refractivity contribution is 6.31. The second-order valence-electron chi connectivity index (χ2n) is 5.54. The molecule has 0 fully saturated rings. The van der Waals surface area contributed by atoms with Gasteiger partial charge in [0.15, 0.2) is 5.78 Å². The van der Waals surface area contributed by atoms with Crippen LogP contribution in [0.25, 0.3) is 11.0 Å². The number of ketones is 1. The number of hydrogen-bond acceptors (Lipinski definition) is 4. The molecule has 1 aromatic heterocycles. The summed E-state index contributed by atoms with van der Waals surface area (Å²) < 4.78 is 11.0. The Morgan fingerprint density at radius 2 is 1.96 bits per heavy atom. The van der Waals surface area contributed by atoms with E-state index in [1.165, 1.54) is 6.92 Å². The van der Waals surface area contributed by atoms with Crippen LogP contribution in [0.5, 0.6) is 5.75 Å². The van der Waals surface area contributed by atoms with Crippen LogP contribution in [0.15, 0.2) is 51.7 Å². The van der Waals surface area contributed by atoms with Crippen LogP contribution in [0.1, 0.15) is 28.4 Å². The molecule has 0 amide bonds. The summed E-state index contributed by atoms with van der Waals surface area (Å²) in [5.74, 6) is 0.253. The maximum absolute atomic E-state index is 11.9. The minimum absolute atomic E-state index is 0.0512. The molecule has 0 N–H and O–H groups in total. The molecule has 0 aliphatic rings. The number of ether oxygens (including phenoxy) is 1. The molecule has 0 unspecified atom stereocenters. The van der Waals surface area contributed by atoms with Gasteiger partial charge >= 0.3 is 5.63 Å². The van der Waals surface area contributed by atoms with Gasteiger partial charge in [-0.3, -0.25) is 4.79 Å². The van der Waals surface area contributed by atoms with E-state index in [0.717, 1.165) is 11.1 Å². The van der Waals surface area contributed by atoms with Crippen molar-refractivity contribution in [3.63, 3.8) is 0 Å². The van der Waals surface area contributed by atoms with E-state index in [1.807, 2.05) is 31.2 Å². The maximum atomic E-state index is 11.9. The molecule has 0 bridgehead atoms. The van der Waals surface area contributed by atoms with Crippen LogP contribution in [0.2, 0.25) is 5.02 Å². The van der Waals surface area contributed by atoms with Crippen molar-refractivity contribution in [3.05, 3.63) is 74.6 Å². The summed E-state index contributed by atoms with van der Waals surface area (Å²) in [6.45, 7) is 3.52. The normalized spacial score (nSPS) is 10.8. The highest BCUT2D eigenvalue weighted by Gasteiger charge is 2.12. The molecule has 0 spiro atoms. The van der Waals surface area contributed by atoms with Crippen LogP contribution < -0.4 is 10.4 Å². The van der Waals surface area contributed by atoms with Crippen LogP contribution in [-0.2, 0) is 6.61 Å². The fraction of sp³-hybridized carbons (Fsp3) is 0.158. The van der Waals surface area contributed by atoms with Crippen molar-refractivity contribution in [2.75, 3.05) is 0 Å². The molecule has 0 aliphatic carbocycles. The van der Waals surface area contributed by atoms with E-state index in [9.17, 15) is 9.59 Å². The second kappa shape index (κ2) is 6.49. The molecular formula is C19H15ClO4. The zero-order chi connectivity index (χ0) is 17.3. The lowest BCUT2D eigenvalue weighted by Gasteiger charge is -2.10. The smallest absolute Gasteiger partial charge is 0.347 e. The number of benzene rings is 2. The second-order valence-corrected chi connectivity index (χ2v) is 5.94. The fourth-order valence-corrected chi connectivity index (χ4v) is 2.66. The third kappa shape index (κ3) is 3.19. The van der Waals surface area contributed by atoms with Gasteiger partial charge in [0.25, 0.3) is 0 Å². The van der Waals surface area contributed by atoms with Crippen molar-refractivity contribution in [1.29, 1.82) is 0 Å². The van der Waals surface area contributed by atoms with Gasteiger partial charge in [-0.2, -0.15) is 0 Å². The Kier molecular flexibility index (Phi) is 4.40. The van der Waals surface area contributed by atoms with E-state index in [-0.39, 0.29) is 11.3 Å². The average Bonchev–Trinajstić information content (AvgIpc) is 2.53. The van der Waals surface area contributed by atoms with Crippen LogP contribution in [0.4, 0.5) is 0 Å². The number of aryl methyl sites for hydroxylation is 1. The number of hydrogen-bond donors (Lipinski definition) is 0. The van der Waals surface area contributed by atoms with Crippen molar-refractivity contribution in [3.8, 4) is 5.75 Å². The van der Waals surface area contributed by atoms with Crippen LogP contribution in [-0.4, -0.2) is 5.78 Å². The van der Waals surface area contributed by atoms with E-state index in [1.54, 1.807) is 18.2 Å². The zero-order valence-corrected chi connectivity index (χ0v) is 14.0. The quantitative estimate of drug-likeness (QED) is 0.516. The predicted molar refractivity (Wildman–Crippen MR) is 93.0 cm³/mol. The summed E-state index contributed by atoms with van der Waals surface area (Å²) in [5.41, 5.74) is 1.52. The Bertz CT molecular complexity index is 988. The van der Waals surface area contributed by atoms with Crippen LogP contribution in [0, 0.1) is 6.92 Å². The first-order valence-corrected chi connectivity index (χ1v) is 7.79. The molecule has 3 aromatic rings. The molecule has 0 atom stereocenters. The number of carbonyl (C=O) groups excluding carboxylic acids is 1. The van der Waals surface area contributed by atoms with Gasteiger partial charge in [-0.05, 0) is 37.6 Å². The van der Waals surface area contributed by atoms with Gasteiger partial charge in [-0.25, -0.2) is 4.79 Å². The number of halogens is 1. The summed E-state index contributed by atoms with van der Waals surface area (Å²) in [6, 6.07) is 12.5. The molecule has 5 heteroatoms. The summed E-state index contributed by atoms with van der Waals surface area (Å²) in [4.78, 5) is 23.4. The SMILES string of the molecule is CC(=O)c1cc2c(C)cc(OCc3ccccc3Cl)cc2oc1=O. The Morgan fingerprint density at radius 3 is 2.67 bits per heavy atom. The van der Waals surface area contributed by atoms with Gasteiger partial charge in [0.2, 0.25) is 0 Å². The van der Waals surface area contributed by atoms with E-state index in [2.05, 4.69) is 0 Å². The van der Waals surface area contributed by atoms with E-state index < -0.39 is 5.63 Å². The van der Waals surface area contributed by atoms with E-state index >= 15 is 0 Å². The minimum Gasteiger partial charge on any atom is -0.489 e. The highest BCUT2D eigenvalue weighted by Crippen LogP contribution is 2.26. The Labute approximate surface area is 143 Å². The lowest BCUT2D eigenvalue weighted by molar-refractivity contribution is 0.101. The first-order valence-electron chi connectivity index (χ1n) is 7.41. The maximum Gasteiger partial charge on any atom is 0.347 e. The standard InChI is InChI=1S/C19H15ClO4/c1-11-7-14(23-10-13-5-3-4-6-17(13)20)8-18-15(11)9-16(12(2)21)19(22)24-18/h3-9H,10H2,1-2H3. The van der Waals surface area contributed by atoms with E-state index in [4.69, 9.17) is 20.8 Å². The van der Waals surface area contributed by atoms with Crippen molar-refractivity contribution in [2.24, 2.45) is 0 Å². The molecule has 0 aliphatic heterocycles. The lowest BCUT2D eigenvalue weighted by Crippen LogP contribution is -2.11. The van der Waals surface area contributed by atoms with Crippen molar-refractivity contribution in [1.82, 2.24) is 0 Å². The monoisotopic (exact) mass is 342 g/mol. The van der Waals surface area contributed by atoms with Crippen molar-refractivity contribution in [2.45, 2.75) is 20.5 Å². The van der Waals surface area contributed by atoms with Crippen molar-refractivity contribution < 1.29 is 13.9 Å². The molecule has 4 nitrogen and oxygen atoms in total. The first-order chi connectivity index (χ1) is 11.5. The Balaban J connectivity index is 1.96. The molecule has 0 radical (unpaired) electrons. The lowest BCUT2D eigenvalue weighted by atomic mass is 10.1. The van der Waals surface area contributed by atoms with Crippen LogP contribution >= 0.6 is 11.6 Å². The summed E-state index contributed by atoms with van der Waals surface area (Å²) in [6.07, 6.45) is 0. The Hall–Kier alpha value is -2.59. The van der Waals surface area contributed by atoms with Crippen molar-refractivity contribution >= 4 is 28.4 Å². The highest BCUT2D eigenvalue weighted by atomic mass is 35.5. The number of Topliss-reactive ketones (excluding diaryl/α,β-unsaturated/α-hetero) is 1. The summed E-state index contributed by atoms with van der Waals surface area (Å²) >= 11 is 6.11. The Morgan fingerprint density at radius 1 is 1.21 bits per heavy atom. The first kappa shape index (κ1) is 16.3. The largest absolute Gasteiger partial charge is 0.489 e. The van der Waals surface area contributed by atoms with Crippen LogP contribution in [0.3, 0.4) is 0 Å². The molecule has 0 saturated heterocycles. The van der Waals surface area contributed by atoms with Gasteiger partial charge in [0.1, 0.15) is 23.5 Å². The molecular weight excluding hydrogens is 328 g/mol. The van der Waals surface area contributed by atoms with Gasteiger partial charge < -0.3 is 9.15 Å². The van der Waals surface area contributed by atoms with Gasteiger partial charge in [0, 0.05) is 22.0 Å². The molecule has 2 aromatic carbocycles. The molecule has 122 valence electrons. The van der Waals surface area contributed by atoms with Gasteiger partial charge in [-0.1, -0.05) is 29.8 Å². The average molecular weight is 343 g/mol. The van der Waals surface area contributed by atoms with Gasteiger partial charge in [-0.15, -0.1) is 0 Å². The third-order valence-corrected chi connectivity index (χ3v) is 4.13. The molecule has 3 rings (SSSR count). The molecule has 24 heavy (non-hydrogen) atoms. The van der Waals surface area contributed by atoms with Gasteiger partial charge in [0.05, 0.1) is 0 Å². The predicted octanol–water partition coefficient (Wildman–Crippen LogP) is 4.54. The fourth-order valence-electron chi connectivity index (χ4n) is 2.47. The molecule has 1 heterocycles. The minimum atomic E-state index is -0.641. The number of fused-ring (bicyclic) bond motifs is 1. The third-order valence-electron chi connectivity index (χ3n) is 3.77. The topological polar surface area (TPSA) is 56.5 Å². The molecule has 0 saturated carbocycles. The summed E-state index contributed by atoms with van der Waals surface area (Å²) in [5, 5.41) is 1.34. The number of rotatable bonds is 4.